The Bertz CT molecular complexity index is 210. The number of aliphatic hydroxyl groups is 1. The fraction of sp³-hybridized carbons (Fsp3) is 0.846. The summed E-state index contributed by atoms with van der Waals surface area (Å²) in [6.45, 7) is 9.99. The summed E-state index contributed by atoms with van der Waals surface area (Å²) < 4.78 is 0. The highest BCUT2D eigenvalue weighted by molar-refractivity contribution is 4.96. The molecule has 0 aliphatic carbocycles. The van der Waals surface area contributed by atoms with Gasteiger partial charge in [-0.1, -0.05) is 13.8 Å². The topological polar surface area (TPSA) is 32.3 Å². The Morgan fingerprint density at radius 3 is 2.53 bits per heavy atom. The molecular formula is C13H25NO. The fourth-order valence-electron chi connectivity index (χ4n) is 1.33. The van der Waals surface area contributed by atoms with Crippen LogP contribution in [0.4, 0.5) is 0 Å². The van der Waals surface area contributed by atoms with E-state index in [1.54, 1.807) is 0 Å². The minimum Gasteiger partial charge on any atom is -0.390 e. The van der Waals surface area contributed by atoms with Gasteiger partial charge in [0.05, 0.1) is 5.60 Å². The van der Waals surface area contributed by atoms with Crippen molar-refractivity contribution in [2.45, 2.75) is 52.6 Å². The van der Waals surface area contributed by atoms with Crippen molar-refractivity contribution in [2.75, 3.05) is 13.1 Å². The highest BCUT2D eigenvalue weighted by atomic mass is 16.3. The smallest absolute Gasteiger partial charge is 0.0641 e. The van der Waals surface area contributed by atoms with Crippen molar-refractivity contribution in [3.8, 4) is 11.8 Å². The summed E-state index contributed by atoms with van der Waals surface area (Å²) in [5.74, 6) is 6.50. The molecule has 0 amide bonds. The Labute approximate surface area is 94.5 Å². The van der Waals surface area contributed by atoms with Crippen LogP contribution in [0.2, 0.25) is 0 Å². The zero-order valence-corrected chi connectivity index (χ0v) is 10.6. The van der Waals surface area contributed by atoms with Gasteiger partial charge in [0.2, 0.25) is 0 Å². The highest BCUT2D eigenvalue weighted by Crippen LogP contribution is 2.15. The summed E-state index contributed by atoms with van der Waals surface area (Å²) in [6.07, 6.45) is 2.34. The third-order valence-electron chi connectivity index (χ3n) is 2.36. The molecule has 0 aliphatic heterocycles. The van der Waals surface area contributed by atoms with E-state index in [4.69, 9.17) is 0 Å². The second-order valence-corrected chi connectivity index (χ2v) is 4.77. The molecule has 1 atom stereocenters. The maximum absolute atomic E-state index is 10.00. The van der Waals surface area contributed by atoms with E-state index in [-0.39, 0.29) is 0 Å². The minimum atomic E-state index is -0.576. The largest absolute Gasteiger partial charge is 0.390 e. The molecular weight excluding hydrogens is 186 g/mol. The zero-order chi connectivity index (χ0) is 11.7. The molecule has 0 aromatic carbocycles. The van der Waals surface area contributed by atoms with E-state index in [1.807, 2.05) is 13.8 Å². The van der Waals surface area contributed by atoms with Crippen LogP contribution in [0, 0.1) is 17.8 Å². The molecule has 88 valence electrons. The molecule has 0 saturated heterocycles. The van der Waals surface area contributed by atoms with E-state index >= 15 is 0 Å². The second kappa shape index (κ2) is 7.73. The number of hydrogen-bond donors (Lipinski definition) is 2. The van der Waals surface area contributed by atoms with Gasteiger partial charge in [0.1, 0.15) is 0 Å². The van der Waals surface area contributed by atoms with Crippen LogP contribution in [0.1, 0.15) is 47.0 Å². The van der Waals surface area contributed by atoms with E-state index in [0.29, 0.717) is 5.92 Å². The SMILES string of the molecule is CC#CCCC(C)(O)CCNCC(C)C. The van der Waals surface area contributed by atoms with Gasteiger partial charge < -0.3 is 10.4 Å². The Balaban J connectivity index is 3.58. The predicted octanol–water partition coefficient (Wildman–Crippen LogP) is 2.18. The minimum absolute atomic E-state index is 0.576. The molecule has 0 radical (unpaired) electrons. The van der Waals surface area contributed by atoms with Gasteiger partial charge in [-0.25, -0.2) is 0 Å². The molecule has 0 aliphatic rings. The standard InChI is InChI=1S/C13H25NO/c1-5-6-7-8-13(4,15)9-10-14-11-12(2)3/h12,14-15H,7-11H2,1-4H3. The van der Waals surface area contributed by atoms with Gasteiger partial charge in [-0.3, -0.25) is 0 Å². The zero-order valence-electron chi connectivity index (χ0n) is 10.6. The van der Waals surface area contributed by atoms with Crippen molar-refractivity contribution < 1.29 is 5.11 Å². The van der Waals surface area contributed by atoms with Gasteiger partial charge in [0.25, 0.3) is 0 Å². The monoisotopic (exact) mass is 211 g/mol. The summed E-state index contributed by atoms with van der Waals surface area (Å²) in [5.41, 5.74) is -0.576. The number of rotatable bonds is 7. The quantitative estimate of drug-likeness (QED) is 0.500. The fourth-order valence-corrected chi connectivity index (χ4v) is 1.33. The first-order valence-electron chi connectivity index (χ1n) is 5.80. The maximum atomic E-state index is 10.00. The van der Waals surface area contributed by atoms with Crippen LogP contribution in [0.3, 0.4) is 0 Å². The highest BCUT2D eigenvalue weighted by Gasteiger charge is 2.18. The summed E-state index contributed by atoms with van der Waals surface area (Å²) in [4.78, 5) is 0. The van der Waals surface area contributed by atoms with Crippen molar-refractivity contribution in [2.24, 2.45) is 5.92 Å². The number of nitrogens with one attached hydrogen (secondary N) is 1. The van der Waals surface area contributed by atoms with Crippen LogP contribution < -0.4 is 5.32 Å². The van der Waals surface area contributed by atoms with Crippen LogP contribution >= 0.6 is 0 Å². The lowest BCUT2D eigenvalue weighted by Gasteiger charge is -2.22. The van der Waals surface area contributed by atoms with E-state index in [2.05, 4.69) is 31.0 Å². The molecule has 0 spiro atoms. The van der Waals surface area contributed by atoms with Gasteiger partial charge in [-0.15, -0.1) is 11.8 Å². The first kappa shape index (κ1) is 14.5. The van der Waals surface area contributed by atoms with Crippen molar-refractivity contribution in [1.82, 2.24) is 5.32 Å². The first-order valence-corrected chi connectivity index (χ1v) is 5.80. The molecule has 0 aromatic rings. The van der Waals surface area contributed by atoms with Gasteiger partial charge in [-0.05, 0) is 45.7 Å². The Kier molecular flexibility index (Phi) is 7.46. The summed E-state index contributed by atoms with van der Waals surface area (Å²) >= 11 is 0. The summed E-state index contributed by atoms with van der Waals surface area (Å²) in [6, 6.07) is 0. The predicted molar refractivity (Wildman–Crippen MR) is 65.6 cm³/mol. The lowest BCUT2D eigenvalue weighted by Crippen LogP contribution is -2.31. The molecule has 2 nitrogen and oxygen atoms in total. The second-order valence-electron chi connectivity index (χ2n) is 4.77. The summed E-state index contributed by atoms with van der Waals surface area (Å²) in [5, 5.41) is 13.3. The molecule has 0 rings (SSSR count). The van der Waals surface area contributed by atoms with Gasteiger partial charge >= 0.3 is 0 Å². The number of hydrogen-bond acceptors (Lipinski definition) is 2. The average molecular weight is 211 g/mol. The van der Waals surface area contributed by atoms with E-state index in [0.717, 1.165) is 32.4 Å². The molecule has 2 N–H and O–H groups in total. The Hall–Kier alpha value is -0.520. The molecule has 0 heterocycles. The maximum Gasteiger partial charge on any atom is 0.0641 e. The molecule has 15 heavy (non-hydrogen) atoms. The van der Waals surface area contributed by atoms with E-state index in [9.17, 15) is 5.11 Å². The van der Waals surface area contributed by atoms with Crippen molar-refractivity contribution in [3.05, 3.63) is 0 Å². The van der Waals surface area contributed by atoms with Gasteiger partial charge in [0, 0.05) is 6.42 Å². The molecule has 0 aromatic heterocycles. The van der Waals surface area contributed by atoms with Crippen LogP contribution in [-0.2, 0) is 0 Å². The molecule has 2 heteroatoms. The molecule has 0 saturated carbocycles. The lowest BCUT2D eigenvalue weighted by molar-refractivity contribution is 0.0437. The lowest BCUT2D eigenvalue weighted by atomic mass is 9.96. The first-order chi connectivity index (χ1) is 6.98. The van der Waals surface area contributed by atoms with Crippen LogP contribution in [-0.4, -0.2) is 23.8 Å². The Morgan fingerprint density at radius 1 is 1.33 bits per heavy atom. The van der Waals surface area contributed by atoms with Gasteiger partial charge in [-0.2, -0.15) is 0 Å². The van der Waals surface area contributed by atoms with Crippen molar-refractivity contribution in [3.63, 3.8) is 0 Å². The normalized spacial score (nSPS) is 14.5. The van der Waals surface area contributed by atoms with Crippen molar-refractivity contribution in [1.29, 1.82) is 0 Å². The molecule has 0 bridgehead atoms. The third kappa shape index (κ3) is 9.78. The molecule has 1 unspecified atom stereocenters. The average Bonchev–Trinajstić information content (AvgIpc) is 2.13. The summed E-state index contributed by atoms with van der Waals surface area (Å²) in [7, 11) is 0. The van der Waals surface area contributed by atoms with Crippen LogP contribution in [0.15, 0.2) is 0 Å². The van der Waals surface area contributed by atoms with Crippen molar-refractivity contribution >= 4 is 0 Å². The van der Waals surface area contributed by atoms with Gasteiger partial charge in [0.15, 0.2) is 0 Å². The van der Waals surface area contributed by atoms with Crippen LogP contribution in [0.25, 0.3) is 0 Å². The third-order valence-corrected chi connectivity index (χ3v) is 2.36. The van der Waals surface area contributed by atoms with E-state index in [1.165, 1.54) is 0 Å². The van der Waals surface area contributed by atoms with E-state index < -0.39 is 5.60 Å². The molecule has 0 fully saturated rings. The Morgan fingerprint density at radius 2 is 2.00 bits per heavy atom. The van der Waals surface area contributed by atoms with Crippen LogP contribution in [0.5, 0.6) is 0 Å².